The van der Waals surface area contributed by atoms with E-state index in [1.807, 2.05) is 29.8 Å². The van der Waals surface area contributed by atoms with Crippen LogP contribution in [0.1, 0.15) is 25.2 Å². The Morgan fingerprint density at radius 3 is 2.65 bits per heavy atom. The molecule has 0 fully saturated rings. The predicted octanol–water partition coefficient (Wildman–Crippen LogP) is 2.46. The molecule has 1 heterocycles. The second kappa shape index (κ2) is 8.72. The van der Waals surface area contributed by atoms with Crippen molar-refractivity contribution in [1.82, 2.24) is 20.1 Å². The van der Waals surface area contributed by atoms with Crippen molar-refractivity contribution >= 4 is 17.7 Å². The molecule has 23 heavy (non-hydrogen) atoms. The van der Waals surface area contributed by atoms with Crippen molar-refractivity contribution in [3.05, 3.63) is 41.7 Å². The molecule has 0 aliphatic heterocycles. The molecule has 1 aromatic carbocycles. The molecule has 2 rings (SSSR count). The molecular weight excluding hydrogens is 308 g/mol. The summed E-state index contributed by atoms with van der Waals surface area (Å²) >= 11 is 1.43. The van der Waals surface area contributed by atoms with Crippen molar-refractivity contribution in [2.45, 2.75) is 31.8 Å². The lowest BCUT2D eigenvalue weighted by atomic mass is 10.1. The molecule has 0 radical (unpaired) electrons. The summed E-state index contributed by atoms with van der Waals surface area (Å²) in [6, 6.07) is 10.3. The van der Waals surface area contributed by atoms with Gasteiger partial charge in [-0.25, -0.2) is 0 Å². The van der Waals surface area contributed by atoms with Crippen LogP contribution in [0.25, 0.3) is 0 Å². The standard InChI is InChI=1S/C17H24N4OS/c1-13(2)11-18-16(22)12-23-17-20-19-15(21(17)3)10-9-14-7-5-4-6-8-14/h4-8,13H,9-12H2,1-3H3,(H,18,22). The molecule has 0 aliphatic rings. The van der Waals surface area contributed by atoms with Gasteiger partial charge in [0.1, 0.15) is 5.82 Å². The summed E-state index contributed by atoms with van der Waals surface area (Å²) in [6.07, 6.45) is 1.78. The lowest BCUT2D eigenvalue weighted by Gasteiger charge is -2.07. The summed E-state index contributed by atoms with van der Waals surface area (Å²) in [5.41, 5.74) is 1.29. The van der Waals surface area contributed by atoms with Gasteiger partial charge in [-0.3, -0.25) is 4.79 Å². The second-order valence-electron chi connectivity index (χ2n) is 5.93. The van der Waals surface area contributed by atoms with Gasteiger partial charge in [-0.15, -0.1) is 10.2 Å². The molecule has 0 atom stereocenters. The highest BCUT2D eigenvalue weighted by Gasteiger charge is 2.11. The summed E-state index contributed by atoms with van der Waals surface area (Å²) < 4.78 is 1.98. The Morgan fingerprint density at radius 2 is 1.96 bits per heavy atom. The zero-order valence-electron chi connectivity index (χ0n) is 14.0. The molecule has 0 saturated heterocycles. The molecule has 0 spiro atoms. The van der Waals surface area contributed by atoms with Crippen molar-refractivity contribution in [1.29, 1.82) is 0 Å². The third-order valence-electron chi connectivity index (χ3n) is 3.45. The Balaban J connectivity index is 1.83. The minimum Gasteiger partial charge on any atom is -0.355 e. The number of nitrogens with zero attached hydrogens (tertiary/aromatic N) is 3. The lowest BCUT2D eigenvalue weighted by Crippen LogP contribution is -2.28. The van der Waals surface area contributed by atoms with Crippen LogP contribution in [0.15, 0.2) is 35.5 Å². The number of aromatic nitrogens is 3. The third-order valence-corrected chi connectivity index (χ3v) is 4.47. The molecule has 5 nitrogen and oxygen atoms in total. The summed E-state index contributed by atoms with van der Waals surface area (Å²) in [4.78, 5) is 11.8. The fourth-order valence-corrected chi connectivity index (χ4v) is 2.85. The van der Waals surface area contributed by atoms with E-state index in [2.05, 4.69) is 41.5 Å². The molecule has 6 heteroatoms. The van der Waals surface area contributed by atoms with Crippen molar-refractivity contribution in [3.8, 4) is 0 Å². The van der Waals surface area contributed by atoms with Crippen molar-refractivity contribution in [2.75, 3.05) is 12.3 Å². The quantitative estimate of drug-likeness (QED) is 0.755. The average Bonchev–Trinajstić information content (AvgIpc) is 2.90. The highest BCUT2D eigenvalue weighted by Crippen LogP contribution is 2.16. The van der Waals surface area contributed by atoms with Gasteiger partial charge in [-0.2, -0.15) is 0 Å². The number of thioether (sulfide) groups is 1. The molecule has 0 unspecified atom stereocenters. The zero-order chi connectivity index (χ0) is 16.7. The highest BCUT2D eigenvalue weighted by atomic mass is 32.2. The van der Waals surface area contributed by atoms with E-state index in [1.54, 1.807) is 0 Å². The molecule has 0 saturated carbocycles. The van der Waals surface area contributed by atoms with E-state index < -0.39 is 0 Å². The largest absolute Gasteiger partial charge is 0.355 e. The molecule has 1 N–H and O–H groups in total. The van der Waals surface area contributed by atoms with E-state index in [0.29, 0.717) is 18.2 Å². The highest BCUT2D eigenvalue weighted by molar-refractivity contribution is 7.99. The Hall–Kier alpha value is -1.82. The van der Waals surface area contributed by atoms with Gasteiger partial charge in [0.05, 0.1) is 5.75 Å². The number of amides is 1. The van der Waals surface area contributed by atoms with Gasteiger partial charge in [0.25, 0.3) is 0 Å². The van der Waals surface area contributed by atoms with Crippen LogP contribution in [0.2, 0.25) is 0 Å². The van der Waals surface area contributed by atoms with Crippen LogP contribution in [-0.2, 0) is 24.7 Å². The van der Waals surface area contributed by atoms with Crippen LogP contribution in [0.5, 0.6) is 0 Å². The molecular formula is C17H24N4OS. The van der Waals surface area contributed by atoms with Gasteiger partial charge in [0.2, 0.25) is 5.91 Å². The molecule has 1 amide bonds. The van der Waals surface area contributed by atoms with Gasteiger partial charge in [-0.1, -0.05) is 55.9 Å². The minimum atomic E-state index is 0.0394. The van der Waals surface area contributed by atoms with Crippen LogP contribution in [-0.4, -0.2) is 33.0 Å². The van der Waals surface area contributed by atoms with Crippen LogP contribution in [0, 0.1) is 5.92 Å². The molecule has 0 aliphatic carbocycles. The number of aryl methyl sites for hydroxylation is 2. The maximum absolute atomic E-state index is 11.8. The Bertz CT molecular complexity index is 625. The monoisotopic (exact) mass is 332 g/mol. The Morgan fingerprint density at radius 1 is 1.22 bits per heavy atom. The smallest absolute Gasteiger partial charge is 0.230 e. The topological polar surface area (TPSA) is 59.8 Å². The average molecular weight is 332 g/mol. The zero-order valence-corrected chi connectivity index (χ0v) is 14.8. The third kappa shape index (κ3) is 5.71. The minimum absolute atomic E-state index is 0.0394. The van der Waals surface area contributed by atoms with Crippen LogP contribution >= 0.6 is 11.8 Å². The lowest BCUT2D eigenvalue weighted by molar-refractivity contribution is -0.118. The van der Waals surface area contributed by atoms with Gasteiger partial charge < -0.3 is 9.88 Å². The van der Waals surface area contributed by atoms with Crippen LogP contribution in [0.4, 0.5) is 0 Å². The van der Waals surface area contributed by atoms with Gasteiger partial charge in [0.15, 0.2) is 5.16 Å². The molecule has 1 aromatic heterocycles. The summed E-state index contributed by atoms with van der Waals surface area (Å²) in [5, 5.41) is 12.1. The second-order valence-corrected chi connectivity index (χ2v) is 6.87. The van der Waals surface area contributed by atoms with Crippen molar-refractivity contribution < 1.29 is 4.79 Å². The SMILES string of the molecule is CC(C)CNC(=O)CSc1nnc(CCc2ccccc2)n1C. The molecule has 124 valence electrons. The van der Waals surface area contributed by atoms with Crippen LogP contribution < -0.4 is 5.32 Å². The first kappa shape index (κ1) is 17.5. The Labute approximate surface area is 141 Å². The summed E-state index contributed by atoms with van der Waals surface area (Å²) in [5.74, 6) is 1.82. The summed E-state index contributed by atoms with van der Waals surface area (Å²) in [7, 11) is 1.95. The summed E-state index contributed by atoms with van der Waals surface area (Å²) in [6.45, 7) is 4.87. The number of hydrogen-bond donors (Lipinski definition) is 1. The van der Waals surface area contributed by atoms with E-state index in [-0.39, 0.29) is 5.91 Å². The fraction of sp³-hybridized carbons (Fsp3) is 0.471. The number of carbonyl (C=O) groups is 1. The van der Waals surface area contributed by atoms with Gasteiger partial charge in [0, 0.05) is 20.0 Å². The van der Waals surface area contributed by atoms with E-state index >= 15 is 0 Å². The first-order valence-electron chi connectivity index (χ1n) is 7.88. The first-order chi connectivity index (χ1) is 11.1. The van der Waals surface area contributed by atoms with E-state index in [1.165, 1.54) is 17.3 Å². The van der Waals surface area contributed by atoms with Crippen molar-refractivity contribution in [3.63, 3.8) is 0 Å². The first-order valence-corrected chi connectivity index (χ1v) is 8.86. The fourth-order valence-electron chi connectivity index (χ4n) is 2.09. The number of rotatable bonds is 8. The van der Waals surface area contributed by atoms with Crippen molar-refractivity contribution in [2.24, 2.45) is 13.0 Å². The Kier molecular flexibility index (Phi) is 6.65. The number of nitrogens with one attached hydrogen (secondary N) is 1. The normalized spacial score (nSPS) is 11.0. The van der Waals surface area contributed by atoms with Gasteiger partial charge >= 0.3 is 0 Å². The number of carbonyl (C=O) groups excluding carboxylic acids is 1. The number of benzene rings is 1. The number of hydrogen-bond acceptors (Lipinski definition) is 4. The maximum atomic E-state index is 11.8. The van der Waals surface area contributed by atoms with E-state index in [9.17, 15) is 4.79 Å². The van der Waals surface area contributed by atoms with E-state index in [0.717, 1.165) is 23.8 Å². The van der Waals surface area contributed by atoms with E-state index in [4.69, 9.17) is 0 Å². The van der Waals surface area contributed by atoms with Crippen LogP contribution in [0.3, 0.4) is 0 Å². The molecule has 2 aromatic rings. The maximum Gasteiger partial charge on any atom is 0.230 e. The predicted molar refractivity (Wildman–Crippen MR) is 93.4 cm³/mol. The molecule has 0 bridgehead atoms. The van der Waals surface area contributed by atoms with Gasteiger partial charge in [-0.05, 0) is 17.9 Å².